The Morgan fingerprint density at radius 2 is 2.25 bits per heavy atom. The van der Waals surface area contributed by atoms with Gasteiger partial charge >= 0.3 is 0 Å². The van der Waals surface area contributed by atoms with Crippen molar-refractivity contribution < 1.29 is 0 Å². The summed E-state index contributed by atoms with van der Waals surface area (Å²) in [6, 6.07) is 6.26. The van der Waals surface area contributed by atoms with Gasteiger partial charge in [0, 0.05) is 5.02 Å². The second-order valence-electron chi connectivity index (χ2n) is 3.56. The molecule has 0 bridgehead atoms. The minimum Gasteiger partial charge on any atom is -0.0840 e. The first-order valence-corrected chi connectivity index (χ1v) is 4.95. The first kappa shape index (κ1) is 8.12. The monoisotopic (exact) mass is 180 g/mol. The Morgan fingerprint density at radius 3 is 2.92 bits per heavy atom. The van der Waals surface area contributed by atoms with Crippen molar-refractivity contribution in [2.75, 3.05) is 0 Å². The summed E-state index contributed by atoms with van der Waals surface area (Å²) in [5.41, 5.74) is 2.86. The molecule has 0 amide bonds. The highest BCUT2D eigenvalue weighted by atomic mass is 35.5. The Morgan fingerprint density at radius 1 is 1.42 bits per heavy atom. The molecule has 1 atom stereocenters. The summed E-state index contributed by atoms with van der Waals surface area (Å²) >= 11 is 6.09. The lowest BCUT2D eigenvalue weighted by atomic mass is 10.0. The third-order valence-corrected chi connectivity index (χ3v) is 3.15. The van der Waals surface area contributed by atoms with Crippen molar-refractivity contribution in [3.63, 3.8) is 0 Å². The summed E-state index contributed by atoms with van der Waals surface area (Å²) in [6.07, 6.45) is 3.68. The molecule has 0 spiro atoms. The smallest absolute Gasteiger partial charge is 0.0440 e. The van der Waals surface area contributed by atoms with Crippen LogP contribution < -0.4 is 0 Å². The number of rotatable bonds is 1. The second-order valence-corrected chi connectivity index (χ2v) is 3.97. The molecule has 1 aromatic carbocycles. The number of halogens is 1. The highest BCUT2D eigenvalue weighted by Crippen LogP contribution is 2.33. The zero-order chi connectivity index (χ0) is 8.55. The van der Waals surface area contributed by atoms with E-state index in [-0.39, 0.29) is 0 Å². The molecule has 0 aromatic heterocycles. The predicted molar refractivity (Wildman–Crippen MR) is 52.6 cm³/mol. The van der Waals surface area contributed by atoms with E-state index in [4.69, 9.17) is 11.6 Å². The van der Waals surface area contributed by atoms with E-state index in [2.05, 4.69) is 19.1 Å². The van der Waals surface area contributed by atoms with Gasteiger partial charge in [0.25, 0.3) is 0 Å². The zero-order valence-corrected chi connectivity index (χ0v) is 8.06. The quantitative estimate of drug-likeness (QED) is 0.621. The van der Waals surface area contributed by atoms with Gasteiger partial charge in [0.1, 0.15) is 0 Å². The molecule has 0 saturated heterocycles. The molecular formula is C11H13Cl. The van der Waals surface area contributed by atoms with Crippen molar-refractivity contribution >= 4 is 11.6 Å². The Kier molecular flexibility index (Phi) is 2.10. The number of hydrogen-bond donors (Lipinski definition) is 0. The van der Waals surface area contributed by atoms with Crippen LogP contribution in [0.1, 0.15) is 24.5 Å². The van der Waals surface area contributed by atoms with E-state index >= 15 is 0 Å². The third kappa shape index (κ3) is 1.25. The van der Waals surface area contributed by atoms with Gasteiger partial charge in [0.05, 0.1) is 0 Å². The van der Waals surface area contributed by atoms with Crippen LogP contribution in [0.25, 0.3) is 0 Å². The van der Waals surface area contributed by atoms with Gasteiger partial charge < -0.3 is 0 Å². The Bertz CT molecular complexity index is 291. The van der Waals surface area contributed by atoms with Crippen molar-refractivity contribution in [2.24, 2.45) is 5.92 Å². The van der Waals surface area contributed by atoms with E-state index in [1.54, 1.807) is 0 Å². The van der Waals surface area contributed by atoms with Crippen molar-refractivity contribution in [2.45, 2.75) is 26.2 Å². The topological polar surface area (TPSA) is 0 Å². The molecule has 1 aromatic rings. The van der Waals surface area contributed by atoms with Crippen LogP contribution in [-0.4, -0.2) is 0 Å². The maximum atomic E-state index is 6.09. The lowest BCUT2D eigenvalue weighted by molar-refractivity contribution is 0.543. The fourth-order valence-corrected chi connectivity index (χ4v) is 2.25. The van der Waals surface area contributed by atoms with Crippen LogP contribution in [0.5, 0.6) is 0 Å². The maximum Gasteiger partial charge on any atom is 0.0440 e. The third-order valence-electron chi connectivity index (χ3n) is 2.79. The Labute approximate surface area is 78.6 Å². The second kappa shape index (κ2) is 3.10. The first-order chi connectivity index (χ1) is 5.81. The van der Waals surface area contributed by atoms with Gasteiger partial charge in [-0.05, 0) is 36.0 Å². The minimum absolute atomic E-state index is 0.833. The van der Waals surface area contributed by atoms with Gasteiger partial charge in [-0.15, -0.1) is 0 Å². The summed E-state index contributed by atoms with van der Waals surface area (Å²) in [4.78, 5) is 0. The predicted octanol–water partition coefficient (Wildman–Crippen LogP) is 3.46. The molecule has 1 aliphatic rings. The first-order valence-electron chi connectivity index (χ1n) is 4.57. The normalized spacial score (nSPS) is 21.0. The molecular weight excluding hydrogens is 168 g/mol. The molecule has 1 unspecified atom stereocenters. The van der Waals surface area contributed by atoms with E-state index in [0.29, 0.717) is 0 Å². The van der Waals surface area contributed by atoms with Gasteiger partial charge in [-0.25, -0.2) is 0 Å². The van der Waals surface area contributed by atoms with E-state index in [1.165, 1.54) is 30.4 Å². The van der Waals surface area contributed by atoms with Gasteiger partial charge in [0.15, 0.2) is 0 Å². The number of fused-ring (bicyclic) bond motifs is 1. The van der Waals surface area contributed by atoms with Crippen molar-refractivity contribution in [1.29, 1.82) is 0 Å². The van der Waals surface area contributed by atoms with Crippen molar-refractivity contribution in [3.05, 3.63) is 34.3 Å². The molecule has 0 nitrogen and oxygen atoms in total. The summed E-state index contributed by atoms with van der Waals surface area (Å²) in [6.45, 7) is 2.25. The maximum absolute atomic E-state index is 6.09. The molecule has 1 heteroatoms. The molecule has 12 heavy (non-hydrogen) atoms. The fraction of sp³-hybridized carbons (Fsp3) is 0.455. The summed E-state index contributed by atoms with van der Waals surface area (Å²) in [7, 11) is 0. The van der Waals surface area contributed by atoms with E-state index in [0.717, 1.165) is 10.9 Å². The van der Waals surface area contributed by atoms with Crippen LogP contribution in [0.4, 0.5) is 0 Å². The van der Waals surface area contributed by atoms with Crippen molar-refractivity contribution in [1.82, 2.24) is 0 Å². The zero-order valence-electron chi connectivity index (χ0n) is 7.31. The highest BCUT2D eigenvalue weighted by Gasteiger charge is 2.21. The van der Waals surface area contributed by atoms with E-state index < -0.39 is 0 Å². The molecule has 0 saturated carbocycles. The van der Waals surface area contributed by atoms with Gasteiger partial charge in [0.2, 0.25) is 0 Å². The summed E-state index contributed by atoms with van der Waals surface area (Å²) < 4.78 is 0. The van der Waals surface area contributed by atoms with Gasteiger partial charge in [-0.2, -0.15) is 0 Å². The molecule has 64 valence electrons. The number of hydrogen-bond acceptors (Lipinski definition) is 0. The van der Waals surface area contributed by atoms with Crippen molar-refractivity contribution in [3.8, 4) is 0 Å². The molecule has 0 heterocycles. The molecule has 1 aliphatic carbocycles. The molecule has 2 rings (SSSR count). The average molecular weight is 181 g/mol. The highest BCUT2D eigenvalue weighted by molar-refractivity contribution is 6.31. The fourth-order valence-electron chi connectivity index (χ4n) is 1.98. The molecule has 0 aliphatic heterocycles. The molecule has 0 N–H and O–H groups in total. The largest absolute Gasteiger partial charge is 0.0840 e. The van der Waals surface area contributed by atoms with Crippen LogP contribution in [-0.2, 0) is 12.8 Å². The van der Waals surface area contributed by atoms with Crippen LogP contribution in [0.3, 0.4) is 0 Å². The molecule has 0 fully saturated rings. The van der Waals surface area contributed by atoms with E-state index in [9.17, 15) is 0 Å². The SMILES string of the molecule is CCC1Cc2cccc(Cl)c2C1. The van der Waals surface area contributed by atoms with Gasteiger partial charge in [-0.3, -0.25) is 0 Å². The summed E-state index contributed by atoms with van der Waals surface area (Å²) in [5.74, 6) is 0.833. The average Bonchev–Trinajstić information content (AvgIpc) is 2.49. The summed E-state index contributed by atoms with van der Waals surface area (Å²) in [5, 5.41) is 0.962. The minimum atomic E-state index is 0.833. The van der Waals surface area contributed by atoms with Gasteiger partial charge in [-0.1, -0.05) is 37.1 Å². The molecule has 0 radical (unpaired) electrons. The standard InChI is InChI=1S/C11H13Cl/c1-2-8-6-9-4-3-5-11(12)10(9)7-8/h3-5,8H,2,6-7H2,1H3. The van der Waals surface area contributed by atoms with E-state index in [1.807, 2.05) is 6.07 Å². The lowest BCUT2D eigenvalue weighted by Gasteiger charge is -2.01. The Balaban J connectivity index is 2.35. The Hall–Kier alpha value is -0.490. The van der Waals surface area contributed by atoms with Crippen LogP contribution in [0.2, 0.25) is 5.02 Å². The lowest BCUT2D eigenvalue weighted by Crippen LogP contribution is -1.95. The van der Waals surface area contributed by atoms with Crippen LogP contribution in [0, 0.1) is 5.92 Å². The van der Waals surface area contributed by atoms with Crippen LogP contribution in [0.15, 0.2) is 18.2 Å². The van der Waals surface area contributed by atoms with Crippen LogP contribution >= 0.6 is 11.6 Å². The number of benzene rings is 1.